The molecule has 1 N–H and O–H groups in total. The van der Waals surface area contributed by atoms with Crippen LogP contribution < -0.4 is 5.32 Å². The lowest BCUT2D eigenvalue weighted by molar-refractivity contribution is -0.0761. The van der Waals surface area contributed by atoms with E-state index < -0.39 is 0 Å². The SMILES string of the molecule is CC(C)CC[C@@]1(CCNCCN(C)C)CCO[C@H](C(C)C)C1. The molecule has 1 saturated heterocycles. The first kappa shape index (κ1) is 19.9. The first-order valence-electron chi connectivity index (χ1n) is 9.32. The molecule has 0 radical (unpaired) electrons. The Bertz CT molecular complexity index is 291. The molecule has 3 nitrogen and oxygen atoms in total. The van der Waals surface area contributed by atoms with E-state index in [0.717, 1.165) is 32.2 Å². The first-order chi connectivity index (χ1) is 10.3. The van der Waals surface area contributed by atoms with Gasteiger partial charge in [0, 0.05) is 19.7 Å². The van der Waals surface area contributed by atoms with E-state index in [9.17, 15) is 0 Å². The van der Waals surface area contributed by atoms with Crippen LogP contribution in [0.5, 0.6) is 0 Å². The summed E-state index contributed by atoms with van der Waals surface area (Å²) in [5.41, 5.74) is 0.503. The van der Waals surface area contributed by atoms with Gasteiger partial charge in [0.05, 0.1) is 6.10 Å². The van der Waals surface area contributed by atoms with Crippen molar-refractivity contribution in [2.45, 2.75) is 65.9 Å². The van der Waals surface area contributed by atoms with E-state index >= 15 is 0 Å². The van der Waals surface area contributed by atoms with E-state index in [1.54, 1.807) is 0 Å². The van der Waals surface area contributed by atoms with Crippen molar-refractivity contribution in [2.24, 2.45) is 17.3 Å². The number of rotatable bonds is 10. The number of nitrogens with one attached hydrogen (secondary N) is 1. The highest BCUT2D eigenvalue weighted by Crippen LogP contribution is 2.43. The number of hydrogen-bond donors (Lipinski definition) is 1. The van der Waals surface area contributed by atoms with E-state index in [1.165, 1.54) is 32.1 Å². The van der Waals surface area contributed by atoms with E-state index in [-0.39, 0.29) is 0 Å². The second-order valence-corrected chi connectivity index (χ2v) is 8.34. The summed E-state index contributed by atoms with van der Waals surface area (Å²) in [6.07, 6.45) is 6.99. The topological polar surface area (TPSA) is 24.5 Å². The molecule has 2 atom stereocenters. The van der Waals surface area contributed by atoms with Gasteiger partial charge < -0.3 is 15.0 Å². The molecule has 1 heterocycles. The van der Waals surface area contributed by atoms with Gasteiger partial charge in [-0.25, -0.2) is 0 Å². The van der Waals surface area contributed by atoms with Crippen molar-refractivity contribution in [1.29, 1.82) is 0 Å². The monoisotopic (exact) mass is 312 g/mol. The molecule has 0 unspecified atom stereocenters. The summed E-state index contributed by atoms with van der Waals surface area (Å²) < 4.78 is 6.03. The van der Waals surface area contributed by atoms with Crippen LogP contribution in [-0.4, -0.2) is 51.3 Å². The predicted molar refractivity (Wildman–Crippen MR) is 96.4 cm³/mol. The molecular weight excluding hydrogens is 272 g/mol. The molecule has 0 aliphatic carbocycles. The Hall–Kier alpha value is -0.120. The standard InChI is InChI=1S/C19H40N2O/c1-16(2)7-8-19(9-11-20-12-13-21(5)6)10-14-22-18(15-19)17(3)4/h16-18,20H,7-15H2,1-6H3/t18-,19+/m0/s1. The van der Waals surface area contributed by atoms with Crippen molar-refractivity contribution in [3.63, 3.8) is 0 Å². The fraction of sp³-hybridized carbons (Fsp3) is 1.00. The average Bonchev–Trinajstić information content (AvgIpc) is 2.45. The van der Waals surface area contributed by atoms with Crippen LogP contribution in [0.2, 0.25) is 0 Å². The van der Waals surface area contributed by atoms with Gasteiger partial charge >= 0.3 is 0 Å². The molecule has 1 rings (SSSR count). The van der Waals surface area contributed by atoms with Gasteiger partial charge in [0.1, 0.15) is 0 Å². The Morgan fingerprint density at radius 3 is 2.45 bits per heavy atom. The fourth-order valence-corrected chi connectivity index (χ4v) is 3.40. The molecule has 1 aliphatic heterocycles. The zero-order chi connectivity index (χ0) is 16.6. The molecule has 1 aliphatic rings. The summed E-state index contributed by atoms with van der Waals surface area (Å²) in [4.78, 5) is 2.24. The van der Waals surface area contributed by atoms with Crippen molar-refractivity contribution in [3.05, 3.63) is 0 Å². The van der Waals surface area contributed by atoms with Gasteiger partial charge in [-0.3, -0.25) is 0 Å². The van der Waals surface area contributed by atoms with Crippen LogP contribution in [0.1, 0.15) is 59.8 Å². The molecule has 0 spiro atoms. The van der Waals surface area contributed by atoms with Crippen LogP contribution in [0.3, 0.4) is 0 Å². The minimum Gasteiger partial charge on any atom is -0.378 e. The summed E-state index contributed by atoms with van der Waals surface area (Å²) in [6.45, 7) is 13.6. The Kier molecular flexibility index (Phi) is 8.96. The molecule has 0 aromatic carbocycles. The number of likely N-dealkylation sites (N-methyl/N-ethyl adjacent to an activating group) is 1. The van der Waals surface area contributed by atoms with Gasteiger partial charge in [-0.2, -0.15) is 0 Å². The Balaban J connectivity index is 2.50. The van der Waals surface area contributed by atoms with Gasteiger partial charge in [0.2, 0.25) is 0 Å². The van der Waals surface area contributed by atoms with Crippen LogP contribution in [0.4, 0.5) is 0 Å². The zero-order valence-electron chi connectivity index (χ0n) is 16.0. The summed E-state index contributed by atoms with van der Waals surface area (Å²) in [5, 5.41) is 3.64. The molecule has 0 saturated carbocycles. The summed E-state index contributed by atoms with van der Waals surface area (Å²) >= 11 is 0. The van der Waals surface area contributed by atoms with Crippen LogP contribution in [-0.2, 0) is 4.74 Å². The van der Waals surface area contributed by atoms with Crippen LogP contribution >= 0.6 is 0 Å². The third kappa shape index (κ3) is 7.43. The van der Waals surface area contributed by atoms with E-state index in [2.05, 4.69) is 52.0 Å². The minimum atomic E-state index is 0.461. The summed E-state index contributed by atoms with van der Waals surface area (Å²) in [7, 11) is 4.27. The summed E-state index contributed by atoms with van der Waals surface area (Å²) in [6, 6.07) is 0. The normalized spacial score (nSPS) is 26.3. The minimum absolute atomic E-state index is 0.461. The second kappa shape index (κ2) is 9.89. The third-order valence-corrected chi connectivity index (χ3v) is 5.16. The quantitative estimate of drug-likeness (QED) is 0.621. The maximum atomic E-state index is 6.03. The molecule has 0 bridgehead atoms. The molecule has 0 aromatic heterocycles. The molecule has 3 heteroatoms. The van der Waals surface area contributed by atoms with E-state index in [0.29, 0.717) is 17.4 Å². The Morgan fingerprint density at radius 2 is 1.86 bits per heavy atom. The zero-order valence-corrected chi connectivity index (χ0v) is 16.0. The summed E-state index contributed by atoms with van der Waals surface area (Å²) in [5.74, 6) is 1.44. The van der Waals surface area contributed by atoms with Crippen molar-refractivity contribution in [1.82, 2.24) is 10.2 Å². The smallest absolute Gasteiger partial charge is 0.0603 e. The number of ether oxygens (including phenoxy) is 1. The Labute approximate surface area is 139 Å². The van der Waals surface area contributed by atoms with Crippen LogP contribution in [0.15, 0.2) is 0 Å². The molecule has 22 heavy (non-hydrogen) atoms. The molecule has 0 amide bonds. The van der Waals surface area contributed by atoms with Gasteiger partial charge in [-0.05, 0) is 63.6 Å². The molecule has 132 valence electrons. The van der Waals surface area contributed by atoms with E-state index in [4.69, 9.17) is 4.74 Å². The van der Waals surface area contributed by atoms with Crippen molar-refractivity contribution < 1.29 is 4.74 Å². The highest BCUT2D eigenvalue weighted by Gasteiger charge is 2.37. The fourth-order valence-electron chi connectivity index (χ4n) is 3.40. The molecule has 0 aromatic rings. The van der Waals surface area contributed by atoms with Crippen LogP contribution in [0.25, 0.3) is 0 Å². The third-order valence-electron chi connectivity index (χ3n) is 5.16. The average molecular weight is 313 g/mol. The van der Waals surface area contributed by atoms with Gasteiger partial charge in [-0.15, -0.1) is 0 Å². The van der Waals surface area contributed by atoms with Crippen molar-refractivity contribution >= 4 is 0 Å². The highest BCUT2D eigenvalue weighted by atomic mass is 16.5. The largest absolute Gasteiger partial charge is 0.378 e. The molecular formula is C19H40N2O. The maximum Gasteiger partial charge on any atom is 0.0603 e. The Morgan fingerprint density at radius 1 is 1.14 bits per heavy atom. The maximum absolute atomic E-state index is 6.03. The lowest BCUT2D eigenvalue weighted by Gasteiger charge is -2.43. The highest BCUT2D eigenvalue weighted by molar-refractivity contribution is 4.88. The lowest BCUT2D eigenvalue weighted by atomic mass is 9.69. The van der Waals surface area contributed by atoms with Crippen molar-refractivity contribution in [3.8, 4) is 0 Å². The predicted octanol–water partition coefficient (Wildman–Crippen LogP) is 3.79. The van der Waals surface area contributed by atoms with Gasteiger partial charge in [0.15, 0.2) is 0 Å². The van der Waals surface area contributed by atoms with Gasteiger partial charge in [-0.1, -0.05) is 34.1 Å². The van der Waals surface area contributed by atoms with E-state index in [1.807, 2.05) is 0 Å². The molecule has 1 fully saturated rings. The number of hydrogen-bond acceptors (Lipinski definition) is 3. The van der Waals surface area contributed by atoms with Gasteiger partial charge in [0.25, 0.3) is 0 Å². The lowest BCUT2D eigenvalue weighted by Crippen LogP contribution is -2.40. The number of nitrogens with zero attached hydrogens (tertiary/aromatic N) is 1. The van der Waals surface area contributed by atoms with Crippen molar-refractivity contribution in [2.75, 3.05) is 40.3 Å². The first-order valence-corrected chi connectivity index (χ1v) is 9.32. The second-order valence-electron chi connectivity index (χ2n) is 8.34. The van der Waals surface area contributed by atoms with Crippen LogP contribution in [0, 0.1) is 17.3 Å².